The molecule has 8 rings (SSSR count). The first-order valence-corrected chi connectivity index (χ1v) is 24.1. The molecule has 72 heavy (non-hydrogen) atoms. The number of ether oxygens (including phenoxy) is 3. The number of anilines is 2. The number of esters is 1. The van der Waals surface area contributed by atoms with E-state index in [9.17, 15) is 24.3 Å². The average molecular weight is 1000 g/mol. The molecule has 0 spiro atoms. The topological polar surface area (TPSA) is 140 Å². The normalized spacial score (nSPS) is 10.6. The van der Waals surface area contributed by atoms with Crippen LogP contribution in [0.15, 0.2) is 182 Å². The highest BCUT2D eigenvalue weighted by Crippen LogP contribution is 2.42. The Bertz CT molecular complexity index is 3200. The Morgan fingerprint density at radius 3 is 1.28 bits per heavy atom. The summed E-state index contributed by atoms with van der Waals surface area (Å²) in [4.78, 5) is 48.6. The SMILES string of the molecule is CCC(=O)Nc1cc(C(=O)O)cc(-c2ccccc2-c2cc(Cl)ccc2OCc2ccccc2)c1.CCOC(=O)c1cc(NC(=O)CC)cc(-c2ccccc2-c2cc(Cl)ccc2OCc2ccccc2)c1. The summed E-state index contributed by atoms with van der Waals surface area (Å²) in [5, 5.41) is 16.4. The number of carboxylic acid groups (broad SMARTS) is 1. The fraction of sp³-hybridized carbons (Fsp3) is 0.133. The fourth-order valence-electron chi connectivity index (χ4n) is 7.75. The van der Waals surface area contributed by atoms with E-state index in [1.807, 2.05) is 140 Å². The maximum atomic E-state index is 12.6. The number of nitrogens with one attached hydrogen (secondary N) is 2. The van der Waals surface area contributed by atoms with Gasteiger partial charge in [-0.05, 0) is 124 Å². The minimum atomic E-state index is -1.08. The summed E-state index contributed by atoms with van der Waals surface area (Å²) in [6.07, 6.45) is 0.605. The zero-order chi connectivity index (χ0) is 51.0. The van der Waals surface area contributed by atoms with Crippen molar-refractivity contribution in [3.05, 3.63) is 214 Å². The second-order valence-electron chi connectivity index (χ2n) is 16.3. The fourth-order valence-corrected chi connectivity index (χ4v) is 8.10. The predicted molar refractivity (Wildman–Crippen MR) is 287 cm³/mol. The quantitative estimate of drug-likeness (QED) is 0.0766. The van der Waals surface area contributed by atoms with Gasteiger partial charge in [-0.2, -0.15) is 0 Å². The second kappa shape index (κ2) is 25.1. The second-order valence-corrected chi connectivity index (χ2v) is 17.2. The molecule has 0 unspecified atom stereocenters. The maximum absolute atomic E-state index is 12.6. The average Bonchev–Trinajstić information content (AvgIpc) is 3.40. The highest BCUT2D eigenvalue weighted by Gasteiger charge is 2.19. The number of benzene rings is 8. The molecule has 0 saturated heterocycles. The molecule has 0 aliphatic heterocycles. The van der Waals surface area contributed by atoms with E-state index in [4.69, 9.17) is 37.4 Å². The Morgan fingerprint density at radius 2 is 0.861 bits per heavy atom. The smallest absolute Gasteiger partial charge is 0.338 e. The van der Waals surface area contributed by atoms with Gasteiger partial charge in [-0.15, -0.1) is 0 Å². The van der Waals surface area contributed by atoms with Gasteiger partial charge in [0.1, 0.15) is 24.7 Å². The summed E-state index contributed by atoms with van der Waals surface area (Å²) >= 11 is 12.8. The molecule has 3 N–H and O–H groups in total. The number of carbonyl (C=O) groups is 4. The van der Waals surface area contributed by atoms with Crippen LogP contribution in [0.4, 0.5) is 11.4 Å². The van der Waals surface area contributed by atoms with Crippen molar-refractivity contribution in [3.63, 3.8) is 0 Å². The Labute approximate surface area is 429 Å². The first kappa shape index (κ1) is 51.7. The van der Waals surface area contributed by atoms with Crippen molar-refractivity contribution in [3.8, 4) is 56.0 Å². The van der Waals surface area contributed by atoms with Gasteiger partial charge in [0.05, 0.1) is 17.7 Å². The number of hydrogen-bond donors (Lipinski definition) is 3. The number of halogens is 2. The Morgan fingerprint density at radius 1 is 0.458 bits per heavy atom. The molecule has 0 atom stereocenters. The van der Waals surface area contributed by atoms with Gasteiger partial charge in [-0.3, -0.25) is 9.59 Å². The molecular weight excluding hydrogens is 948 g/mol. The van der Waals surface area contributed by atoms with Crippen molar-refractivity contribution in [1.82, 2.24) is 0 Å². The van der Waals surface area contributed by atoms with Gasteiger partial charge in [0, 0.05) is 45.4 Å². The summed E-state index contributed by atoms with van der Waals surface area (Å²) in [5.74, 6) is -0.541. The molecule has 364 valence electrons. The van der Waals surface area contributed by atoms with Gasteiger partial charge in [0.25, 0.3) is 0 Å². The van der Waals surface area contributed by atoms with Gasteiger partial charge >= 0.3 is 11.9 Å². The van der Waals surface area contributed by atoms with Gasteiger partial charge in [0.15, 0.2) is 0 Å². The van der Waals surface area contributed by atoms with Crippen molar-refractivity contribution in [2.24, 2.45) is 0 Å². The molecule has 12 heteroatoms. The maximum Gasteiger partial charge on any atom is 0.338 e. The lowest BCUT2D eigenvalue weighted by Crippen LogP contribution is -2.11. The minimum absolute atomic E-state index is 0.0790. The van der Waals surface area contributed by atoms with E-state index in [0.717, 1.165) is 50.1 Å². The molecule has 0 fully saturated rings. The van der Waals surface area contributed by atoms with Crippen molar-refractivity contribution in [2.45, 2.75) is 46.8 Å². The van der Waals surface area contributed by atoms with E-state index >= 15 is 0 Å². The molecule has 0 heterocycles. The number of carbonyl (C=O) groups excluding carboxylic acids is 3. The minimum Gasteiger partial charge on any atom is -0.488 e. The molecule has 0 aromatic heterocycles. The van der Waals surface area contributed by atoms with Crippen LogP contribution in [0.2, 0.25) is 10.0 Å². The third-order valence-corrected chi connectivity index (χ3v) is 11.7. The molecular formula is C60H52Cl2N2O8. The summed E-state index contributed by atoms with van der Waals surface area (Å²) < 4.78 is 17.6. The Hall–Kier alpha value is -8.18. The van der Waals surface area contributed by atoms with Crippen LogP contribution in [0.5, 0.6) is 11.5 Å². The van der Waals surface area contributed by atoms with Crippen LogP contribution in [0.3, 0.4) is 0 Å². The number of carboxylic acids is 1. The highest BCUT2D eigenvalue weighted by atomic mass is 35.5. The third-order valence-electron chi connectivity index (χ3n) is 11.2. The molecule has 0 saturated carbocycles. The molecule has 2 amide bonds. The van der Waals surface area contributed by atoms with Gasteiger partial charge in [-0.1, -0.05) is 146 Å². The molecule has 0 bridgehead atoms. The van der Waals surface area contributed by atoms with Crippen molar-refractivity contribution in [1.29, 1.82) is 0 Å². The van der Waals surface area contributed by atoms with Crippen LogP contribution in [-0.4, -0.2) is 35.5 Å². The molecule has 8 aromatic rings. The van der Waals surface area contributed by atoms with Gasteiger partial charge in [0.2, 0.25) is 11.8 Å². The molecule has 0 aliphatic rings. The van der Waals surface area contributed by atoms with Crippen LogP contribution in [0, 0.1) is 0 Å². The van der Waals surface area contributed by atoms with Gasteiger partial charge < -0.3 is 30.0 Å². The predicted octanol–water partition coefficient (Wildman–Crippen LogP) is 15.1. The third kappa shape index (κ3) is 13.8. The summed E-state index contributed by atoms with van der Waals surface area (Å²) in [6, 6.07) is 56.3. The number of amides is 2. The lowest BCUT2D eigenvalue weighted by Gasteiger charge is -2.17. The van der Waals surface area contributed by atoms with E-state index in [1.165, 1.54) is 6.07 Å². The number of hydrogen-bond acceptors (Lipinski definition) is 7. The van der Waals surface area contributed by atoms with E-state index in [1.54, 1.807) is 57.2 Å². The first-order valence-electron chi connectivity index (χ1n) is 23.3. The summed E-state index contributed by atoms with van der Waals surface area (Å²) in [7, 11) is 0. The zero-order valence-electron chi connectivity index (χ0n) is 39.9. The van der Waals surface area contributed by atoms with Crippen LogP contribution >= 0.6 is 23.2 Å². The van der Waals surface area contributed by atoms with Crippen molar-refractivity contribution < 1.29 is 38.5 Å². The van der Waals surface area contributed by atoms with E-state index in [-0.39, 0.29) is 30.4 Å². The zero-order valence-corrected chi connectivity index (χ0v) is 41.4. The van der Waals surface area contributed by atoms with Crippen LogP contribution in [0.25, 0.3) is 44.5 Å². The standard InChI is InChI=1S/C31H28ClNO4.C29H24ClNO4/c1-3-30(34)33-25-17-22(16-23(18-25)31(35)36-4-2)26-12-8-9-13-27(26)28-19-24(32)14-15-29(28)37-20-21-10-6-5-7-11-21;1-2-28(32)31-23-15-20(14-21(16-23)29(33)34)24-10-6-7-11-25(24)26-17-22(30)12-13-27(26)35-18-19-8-4-3-5-9-19/h5-19H,3-4,20H2,1-2H3,(H,33,34);3-17H,2,18H2,1H3,(H,31,32)(H,33,34). The van der Waals surface area contributed by atoms with Crippen molar-refractivity contribution >= 4 is 58.3 Å². The molecule has 10 nitrogen and oxygen atoms in total. The van der Waals surface area contributed by atoms with Crippen LogP contribution in [0.1, 0.15) is 65.5 Å². The summed E-state index contributed by atoms with van der Waals surface area (Å²) in [6.45, 7) is 6.32. The Balaban J connectivity index is 0.000000212. The molecule has 8 aromatic carbocycles. The number of rotatable bonds is 17. The highest BCUT2D eigenvalue weighted by molar-refractivity contribution is 6.31. The summed E-state index contributed by atoms with van der Waals surface area (Å²) in [5.41, 5.74) is 9.81. The Kier molecular flexibility index (Phi) is 18.0. The molecule has 0 radical (unpaired) electrons. The first-order chi connectivity index (χ1) is 34.9. The van der Waals surface area contributed by atoms with Crippen LogP contribution < -0.4 is 20.1 Å². The largest absolute Gasteiger partial charge is 0.488 e. The van der Waals surface area contributed by atoms with Crippen molar-refractivity contribution in [2.75, 3.05) is 17.2 Å². The van der Waals surface area contributed by atoms with Gasteiger partial charge in [-0.25, -0.2) is 9.59 Å². The lowest BCUT2D eigenvalue weighted by atomic mass is 9.92. The van der Waals surface area contributed by atoms with E-state index < -0.39 is 11.9 Å². The van der Waals surface area contributed by atoms with E-state index in [0.29, 0.717) is 63.7 Å². The monoisotopic (exact) mass is 998 g/mol. The molecule has 0 aliphatic carbocycles. The van der Waals surface area contributed by atoms with Crippen LogP contribution in [-0.2, 0) is 27.5 Å². The van der Waals surface area contributed by atoms with E-state index in [2.05, 4.69) is 10.6 Å². The number of aromatic carboxylic acids is 1. The lowest BCUT2D eigenvalue weighted by molar-refractivity contribution is -0.116.